The van der Waals surface area contributed by atoms with Crippen LogP contribution < -0.4 is 16.0 Å². The zero-order chi connectivity index (χ0) is 32.0. The summed E-state index contributed by atoms with van der Waals surface area (Å²) in [6.45, 7) is 7.57. The Kier molecular flexibility index (Phi) is 10.5. The van der Waals surface area contributed by atoms with E-state index in [1.165, 1.54) is 42.2 Å². The highest BCUT2D eigenvalue weighted by molar-refractivity contribution is 8.18. The summed E-state index contributed by atoms with van der Waals surface area (Å²) in [5.74, 6) is -0.333. The third-order valence-corrected chi connectivity index (χ3v) is 8.48. The van der Waals surface area contributed by atoms with Crippen LogP contribution in [-0.4, -0.2) is 78.1 Å². The van der Waals surface area contributed by atoms with Crippen molar-refractivity contribution in [1.82, 2.24) is 30.6 Å². The molecule has 0 aliphatic carbocycles. The second-order valence-corrected chi connectivity index (χ2v) is 11.8. The van der Waals surface area contributed by atoms with Crippen LogP contribution in [0, 0.1) is 0 Å². The average molecular weight is 654 g/mol. The Morgan fingerprint density at radius 3 is 2.31 bits per heavy atom. The predicted molar refractivity (Wildman–Crippen MR) is 163 cm³/mol. The van der Waals surface area contributed by atoms with Crippen LogP contribution in [0.1, 0.15) is 35.1 Å². The molecule has 2 aromatic carbocycles. The lowest BCUT2D eigenvalue weighted by Crippen LogP contribution is -2.31. The largest absolute Gasteiger partial charge is 0.416 e. The normalized spacial score (nSPS) is 19.2. The first-order valence-electron chi connectivity index (χ1n) is 14.6. The summed E-state index contributed by atoms with van der Waals surface area (Å²) in [5.41, 5.74) is -1.87. The highest BCUT2D eigenvalue weighted by Crippen LogP contribution is 2.38. The highest BCUT2D eigenvalue weighted by atomic mass is 32.2. The first kappa shape index (κ1) is 33.0. The lowest BCUT2D eigenvalue weighted by Gasteiger charge is -2.20. The van der Waals surface area contributed by atoms with Gasteiger partial charge in [-0.15, -0.1) is 0 Å². The number of nitrogens with one attached hydrogen (secondary N) is 3. The number of rotatable bonds is 3. The van der Waals surface area contributed by atoms with E-state index in [1.807, 2.05) is 0 Å². The molecular weight excluding hydrogens is 620 g/mol. The average Bonchev–Trinajstić information content (AvgIpc) is 3.28. The van der Waals surface area contributed by atoms with Gasteiger partial charge in [0.25, 0.3) is 5.91 Å². The van der Waals surface area contributed by atoms with Gasteiger partial charge in [-0.1, -0.05) is 12.1 Å². The molecule has 0 saturated carbocycles. The van der Waals surface area contributed by atoms with Crippen molar-refractivity contribution in [2.45, 2.75) is 31.7 Å². The van der Waals surface area contributed by atoms with Crippen molar-refractivity contribution in [2.24, 2.45) is 4.99 Å². The Labute approximate surface area is 260 Å². The summed E-state index contributed by atoms with van der Waals surface area (Å²) in [6, 6.07) is 6.68. The molecule has 3 aromatic rings. The molecule has 8 nitrogen and oxygen atoms in total. The first-order chi connectivity index (χ1) is 21.5. The second kappa shape index (κ2) is 14.4. The third-order valence-electron chi connectivity index (χ3n) is 7.43. The van der Waals surface area contributed by atoms with Crippen LogP contribution >= 0.6 is 11.8 Å². The molecule has 3 N–H and O–H groups in total. The molecule has 1 aromatic heterocycles. The number of hydrogen-bond donors (Lipinski definition) is 3. The maximum absolute atomic E-state index is 13.6. The van der Waals surface area contributed by atoms with Crippen molar-refractivity contribution in [3.63, 3.8) is 0 Å². The van der Waals surface area contributed by atoms with Gasteiger partial charge in [0.1, 0.15) is 0 Å². The van der Waals surface area contributed by atoms with Crippen molar-refractivity contribution < 1.29 is 31.1 Å². The predicted octanol–water partition coefficient (Wildman–Crippen LogP) is 4.96. The number of aromatic nitrogens is 2. The van der Waals surface area contributed by atoms with Crippen LogP contribution in [0.15, 0.2) is 52.5 Å². The molecule has 0 radical (unpaired) electrons. The summed E-state index contributed by atoms with van der Waals surface area (Å²) in [4.78, 5) is 19.2. The van der Waals surface area contributed by atoms with Crippen LogP contribution in [0.3, 0.4) is 0 Å². The SMILES string of the molecule is C1CNCCNC1.O=C1N=C(N2CCCNCC2)SC1=Cc1ccc2c(cnn2Cc2ccc(C(F)(F)F)cc2C(F)(F)F)c1. The number of fused-ring (bicyclic) bond motifs is 1. The number of aliphatic imine (C=N–C) groups is 1. The molecule has 0 atom stereocenters. The number of nitrogens with zero attached hydrogens (tertiary/aromatic N) is 4. The number of amides is 1. The van der Waals surface area contributed by atoms with Gasteiger partial charge in [-0.2, -0.15) is 36.4 Å². The van der Waals surface area contributed by atoms with E-state index in [1.54, 1.807) is 24.3 Å². The molecule has 1 amide bonds. The molecule has 0 spiro atoms. The van der Waals surface area contributed by atoms with E-state index in [0.717, 1.165) is 51.8 Å². The van der Waals surface area contributed by atoms with Gasteiger partial charge in [0.15, 0.2) is 5.17 Å². The molecule has 0 unspecified atom stereocenters. The number of carbonyl (C=O) groups excluding carboxylic acids is 1. The molecule has 0 bridgehead atoms. The fourth-order valence-electron chi connectivity index (χ4n) is 5.12. The monoisotopic (exact) mass is 653 g/mol. The van der Waals surface area contributed by atoms with Gasteiger partial charge in [0.05, 0.1) is 34.3 Å². The zero-order valence-corrected chi connectivity index (χ0v) is 25.1. The van der Waals surface area contributed by atoms with Gasteiger partial charge in [0.2, 0.25) is 0 Å². The third kappa shape index (κ3) is 8.66. The topological polar surface area (TPSA) is 86.6 Å². The number of alkyl halides is 6. The molecule has 15 heteroatoms. The van der Waals surface area contributed by atoms with Gasteiger partial charge in [0, 0.05) is 38.1 Å². The quantitative estimate of drug-likeness (QED) is 0.272. The standard InChI is InChI=1S/C25H21F6N5OS.C5H12N2/c26-24(27,28)18-4-3-16(19(12-18)25(29,30)31)14-36-20-5-2-15(10-17(20)13-33-36)11-21-22(37)34-23(38-21)35-8-1-6-32-7-9-35;1-2-6-4-5-7-3-1/h2-5,10-13,32H,1,6-9,14H2;6-7H,1-5H2. The molecule has 6 rings (SSSR count). The Morgan fingerprint density at radius 2 is 1.58 bits per heavy atom. The molecule has 45 heavy (non-hydrogen) atoms. The van der Waals surface area contributed by atoms with E-state index < -0.39 is 23.5 Å². The van der Waals surface area contributed by atoms with Crippen molar-refractivity contribution in [1.29, 1.82) is 0 Å². The van der Waals surface area contributed by atoms with Crippen LogP contribution in [0.5, 0.6) is 0 Å². The Bertz CT molecular complexity index is 1540. The van der Waals surface area contributed by atoms with Gasteiger partial charge < -0.3 is 20.9 Å². The molecule has 3 aliphatic rings. The maximum atomic E-state index is 13.6. The molecular formula is C30H33F6N7OS. The van der Waals surface area contributed by atoms with E-state index >= 15 is 0 Å². The maximum Gasteiger partial charge on any atom is 0.416 e. The summed E-state index contributed by atoms with van der Waals surface area (Å²) in [6.07, 6.45) is -4.46. The molecule has 242 valence electrons. The number of benzene rings is 2. The highest BCUT2D eigenvalue weighted by Gasteiger charge is 2.38. The van der Waals surface area contributed by atoms with E-state index in [2.05, 4.69) is 30.9 Å². The summed E-state index contributed by atoms with van der Waals surface area (Å²) in [7, 11) is 0. The van der Waals surface area contributed by atoms with Crippen LogP contribution in [-0.2, 0) is 23.7 Å². The Balaban J connectivity index is 0.000000505. The summed E-state index contributed by atoms with van der Waals surface area (Å²) >= 11 is 1.30. The first-order valence-corrected chi connectivity index (χ1v) is 15.4. The van der Waals surface area contributed by atoms with Crippen LogP contribution in [0.4, 0.5) is 26.3 Å². The number of amidine groups is 1. The van der Waals surface area contributed by atoms with Crippen molar-refractivity contribution in [2.75, 3.05) is 52.4 Å². The van der Waals surface area contributed by atoms with Gasteiger partial charge >= 0.3 is 12.4 Å². The van der Waals surface area contributed by atoms with Crippen LogP contribution in [0.2, 0.25) is 0 Å². The van der Waals surface area contributed by atoms with Crippen molar-refractivity contribution in [3.05, 3.63) is 69.8 Å². The zero-order valence-electron chi connectivity index (χ0n) is 24.3. The smallest absolute Gasteiger partial charge is 0.349 e. The van der Waals surface area contributed by atoms with Gasteiger partial charge in [-0.05, 0) is 85.7 Å². The minimum Gasteiger partial charge on any atom is -0.349 e. The fourth-order valence-corrected chi connectivity index (χ4v) is 6.09. The Hall–Kier alpha value is -3.40. The molecule has 2 fully saturated rings. The molecule has 3 aliphatic heterocycles. The van der Waals surface area contributed by atoms with E-state index in [-0.39, 0.29) is 24.1 Å². The van der Waals surface area contributed by atoms with E-state index in [4.69, 9.17) is 0 Å². The lowest BCUT2D eigenvalue weighted by atomic mass is 10.0. The van der Waals surface area contributed by atoms with Gasteiger partial charge in [-0.3, -0.25) is 9.48 Å². The summed E-state index contributed by atoms with van der Waals surface area (Å²) in [5, 5.41) is 15.3. The fraction of sp³-hybridized carbons (Fsp3) is 0.433. The minimum absolute atomic E-state index is 0.125. The number of hydrogen-bond acceptors (Lipinski definition) is 7. The lowest BCUT2D eigenvalue weighted by molar-refractivity contribution is -0.143. The Morgan fingerprint density at radius 1 is 0.844 bits per heavy atom. The van der Waals surface area contributed by atoms with Crippen molar-refractivity contribution >= 4 is 39.8 Å². The van der Waals surface area contributed by atoms with E-state index in [0.29, 0.717) is 32.6 Å². The number of carbonyl (C=O) groups is 1. The summed E-state index contributed by atoms with van der Waals surface area (Å²) < 4.78 is 80.9. The van der Waals surface area contributed by atoms with Gasteiger partial charge in [-0.25, -0.2) is 0 Å². The van der Waals surface area contributed by atoms with E-state index in [9.17, 15) is 31.1 Å². The van der Waals surface area contributed by atoms with Crippen LogP contribution in [0.25, 0.3) is 17.0 Å². The number of thioether (sulfide) groups is 1. The number of halogens is 6. The molecule has 2 saturated heterocycles. The van der Waals surface area contributed by atoms with Crippen molar-refractivity contribution in [3.8, 4) is 0 Å². The minimum atomic E-state index is -4.96. The molecule has 4 heterocycles. The second-order valence-electron chi connectivity index (χ2n) is 10.7.